The monoisotopic (exact) mass is 395 g/mol. The summed E-state index contributed by atoms with van der Waals surface area (Å²) >= 11 is 0. The number of esters is 2. The van der Waals surface area contributed by atoms with Gasteiger partial charge in [-0.1, -0.05) is 13.8 Å². The van der Waals surface area contributed by atoms with Crippen LogP contribution in [0.4, 0.5) is 5.69 Å². The topological polar surface area (TPSA) is 74.3 Å². The predicted octanol–water partition coefficient (Wildman–Crippen LogP) is 3.20. The summed E-state index contributed by atoms with van der Waals surface area (Å²) in [6.45, 7) is 6.50. The van der Waals surface area contributed by atoms with E-state index in [2.05, 4.69) is 0 Å². The highest BCUT2D eigenvalue weighted by Gasteiger charge is 2.10. The summed E-state index contributed by atoms with van der Waals surface area (Å²) in [5, 5.41) is 0. The van der Waals surface area contributed by atoms with E-state index >= 15 is 0 Å². The quantitative estimate of drug-likeness (QED) is 0.333. The average molecular weight is 395 g/mol. The molecule has 0 amide bonds. The Morgan fingerprint density at radius 1 is 0.821 bits per heavy atom. The predicted molar refractivity (Wildman–Crippen MR) is 108 cm³/mol. The lowest BCUT2D eigenvalue weighted by atomic mass is 10.2. The number of ether oxygens (including phenoxy) is 4. The van der Waals surface area contributed by atoms with E-state index in [1.807, 2.05) is 43.0 Å². The molecule has 28 heavy (non-hydrogen) atoms. The molecule has 0 saturated heterocycles. The lowest BCUT2D eigenvalue weighted by molar-refractivity contribution is -0.143. The smallest absolute Gasteiger partial charge is 0.305 e. The van der Waals surface area contributed by atoms with E-state index in [1.54, 1.807) is 7.11 Å². The molecule has 0 aliphatic heterocycles. The first-order valence-electron chi connectivity index (χ1n) is 9.88. The fourth-order valence-electron chi connectivity index (χ4n) is 2.46. The highest BCUT2D eigenvalue weighted by atomic mass is 16.5. The Morgan fingerprint density at radius 2 is 1.36 bits per heavy atom. The SMILES string of the molecule is CCCC(=O)OCCN(CCOC(=O)CCC)c1ccc(OCCOC)cc1. The standard InChI is InChI=1S/C21H33NO6/c1-4-6-20(23)27-14-12-22(13-15-28-21(24)7-5-2)18-8-10-19(11-9-18)26-17-16-25-3/h8-11H,4-7,12-17H2,1-3H3. The first kappa shape index (κ1) is 23.8. The molecule has 0 unspecified atom stereocenters. The summed E-state index contributed by atoms with van der Waals surface area (Å²) < 4.78 is 21.1. The molecule has 0 atom stereocenters. The molecule has 0 fully saturated rings. The van der Waals surface area contributed by atoms with Crippen LogP contribution in [-0.2, 0) is 23.8 Å². The molecule has 158 valence electrons. The van der Waals surface area contributed by atoms with Crippen molar-refractivity contribution >= 4 is 17.6 Å². The van der Waals surface area contributed by atoms with Crippen LogP contribution in [0.25, 0.3) is 0 Å². The molecule has 7 nitrogen and oxygen atoms in total. The fourth-order valence-corrected chi connectivity index (χ4v) is 2.46. The number of methoxy groups -OCH3 is 1. The molecule has 1 rings (SSSR count). The number of rotatable bonds is 15. The number of hydrogen-bond donors (Lipinski definition) is 0. The second-order valence-corrected chi connectivity index (χ2v) is 6.26. The van der Waals surface area contributed by atoms with Gasteiger partial charge in [0.25, 0.3) is 0 Å². The highest BCUT2D eigenvalue weighted by Crippen LogP contribution is 2.19. The minimum Gasteiger partial charge on any atom is -0.491 e. The second kappa shape index (κ2) is 14.7. The molecule has 0 radical (unpaired) electrons. The van der Waals surface area contributed by atoms with Crippen LogP contribution in [0.5, 0.6) is 5.75 Å². The van der Waals surface area contributed by atoms with Crippen LogP contribution >= 0.6 is 0 Å². The Hall–Kier alpha value is -2.28. The summed E-state index contributed by atoms with van der Waals surface area (Å²) in [6.07, 6.45) is 2.37. The summed E-state index contributed by atoms with van der Waals surface area (Å²) in [7, 11) is 1.63. The van der Waals surface area contributed by atoms with E-state index in [-0.39, 0.29) is 25.2 Å². The first-order chi connectivity index (χ1) is 13.6. The van der Waals surface area contributed by atoms with Crippen LogP contribution in [0.3, 0.4) is 0 Å². The largest absolute Gasteiger partial charge is 0.491 e. The van der Waals surface area contributed by atoms with E-state index in [0.29, 0.717) is 39.1 Å². The Labute approximate surface area is 167 Å². The minimum absolute atomic E-state index is 0.196. The van der Waals surface area contributed by atoms with Crippen molar-refractivity contribution in [1.29, 1.82) is 0 Å². The van der Waals surface area contributed by atoms with Gasteiger partial charge in [-0.3, -0.25) is 9.59 Å². The molecular weight excluding hydrogens is 362 g/mol. The molecule has 0 spiro atoms. The van der Waals surface area contributed by atoms with Gasteiger partial charge in [-0.15, -0.1) is 0 Å². The zero-order valence-corrected chi connectivity index (χ0v) is 17.3. The maximum Gasteiger partial charge on any atom is 0.305 e. The van der Waals surface area contributed by atoms with E-state index in [1.165, 1.54) is 0 Å². The number of benzene rings is 1. The van der Waals surface area contributed by atoms with Crippen molar-refractivity contribution in [2.24, 2.45) is 0 Å². The highest BCUT2D eigenvalue weighted by molar-refractivity contribution is 5.69. The van der Waals surface area contributed by atoms with E-state index < -0.39 is 0 Å². The van der Waals surface area contributed by atoms with Crippen molar-refractivity contribution in [3.63, 3.8) is 0 Å². The Balaban J connectivity index is 2.61. The van der Waals surface area contributed by atoms with Crippen molar-refractivity contribution in [3.05, 3.63) is 24.3 Å². The third-order valence-corrected chi connectivity index (χ3v) is 3.91. The lowest BCUT2D eigenvalue weighted by Gasteiger charge is -2.25. The third kappa shape index (κ3) is 10.2. The molecule has 0 bridgehead atoms. The van der Waals surface area contributed by atoms with Gasteiger partial charge in [0.15, 0.2) is 0 Å². The summed E-state index contributed by atoms with van der Waals surface area (Å²) in [6, 6.07) is 7.63. The number of nitrogens with zero attached hydrogens (tertiary/aromatic N) is 1. The van der Waals surface area contributed by atoms with Gasteiger partial charge < -0.3 is 23.8 Å². The van der Waals surface area contributed by atoms with Crippen molar-refractivity contribution in [1.82, 2.24) is 0 Å². The normalized spacial score (nSPS) is 10.4. The van der Waals surface area contributed by atoms with E-state index in [0.717, 1.165) is 24.3 Å². The van der Waals surface area contributed by atoms with Gasteiger partial charge in [0.05, 0.1) is 19.7 Å². The second-order valence-electron chi connectivity index (χ2n) is 6.26. The van der Waals surface area contributed by atoms with Crippen LogP contribution in [0.1, 0.15) is 39.5 Å². The number of carbonyl (C=O) groups is 2. The lowest BCUT2D eigenvalue weighted by Crippen LogP contribution is -2.32. The van der Waals surface area contributed by atoms with Crippen LogP contribution in [0.2, 0.25) is 0 Å². The van der Waals surface area contributed by atoms with Crippen LogP contribution in [-0.4, -0.2) is 58.6 Å². The molecule has 1 aromatic carbocycles. The van der Waals surface area contributed by atoms with Gasteiger partial charge >= 0.3 is 11.9 Å². The van der Waals surface area contributed by atoms with Crippen LogP contribution in [0.15, 0.2) is 24.3 Å². The molecule has 0 aliphatic rings. The number of hydrogen-bond acceptors (Lipinski definition) is 7. The zero-order valence-electron chi connectivity index (χ0n) is 17.3. The van der Waals surface area contributed by atoms with E-state index in [4.69, 9.17) is 18.9 Å². The Morgan fingerprint density at radius 3 is 1.82 bits per heavy atom. The average Bonchev–Trinajstić information content (AvgIpc) is 2.68. The summed E-state index contributed by atoms with van der Waals surface area (Å²) in [5.74, 6) is 0.363. The van der Waals surface area contributed by atoms with Crippen molar-refractivity contribution in [2.45, 2.75) is 39.5 Å². The first-order valence-corrected chi connectivity index (χ1v) is 9.88. The van der Waals surface area contributed by atoms with Gasteiger partial charge in [-0.05, 0) is 37.1 Å². The molecule has 0 heterocycles. The van der Waals surface area contributed by atoms with Crippen molar-refractivity contribution in [3.8, 4) is 5.75 Å². The third-order valence-electron chi connectivity index (χ3n) is 3.91. The fraction of sp³-hybridized carbons (Fsp3) is 0.619. The zero-order chi connectivity index (χ0) is 20.6. The molecule has 0 aliphatic carbocycles. The summed E-state index contributed by atoms with van der Waals surface area (Å²) in [5.41, 5.74) is 0.942. The molecular formula is C21H33NO6. The van der Waals surface area contributed by atoms with Gasteiger partial charge in [-0.25, -0.2) is 0 Å². The van der Waals surface area contributed by atoms with Gasteiger partial charge in [-0.2, -0.15) is 0 Å². The number of anilines is 1. The van der Waals surface area contributed by atoms with Crippen LogP contribution < -0.4 is 9.64 Å². The van der Waals surface area contributed by atoms with Gasteiger partial charge in [0, 0.05) is 25.6 Å². The summed E-state index contributed by atoms with van der Waals surface area (Å²) in [4.78, 5) is 25.2. The Bertz CT molecular complexity index is 537. The van der Waals surface area contributed by atoms with Gasteiger partial charge in [0.1, 0.15) is 25.6 Å². The molecule has 0 N–H and O–H groups in total. The van der Waals surface area contributed by atoms with Crippen molar-refractivity contribution in [2.75, 3.05) is 51.5 Å². The number of carbonyl (C=O) groups excluding carboxylic acids is 2. The molecule has 1 aromatic rings. The Kier molecular flexibility index (Phi) is 12.5. The van der Waals surface area contributed by atoms with Crippen molar-refractivity contribution < 1.29 is 28.5 Å². The minimum atomic E-state index is -0.196. The maximum atomic E-state index is 11.6. The van der Waals surface area contributed by atoms with E-state index in [9.17, 15) is 9.59 Å². The van der Waals surface area contributed by atoms with Gasteiger partial charge in [0.2, 0.25) is 0 Å². The maximum absolute atomic E-state index is 11.6. The van der Waals surface area contributed by atoms with Crippen LogP contribution in [0, 0.1) is 0 Å². The molecule has 0 aromatic heterocycles. The molecule has 7 heteroatoms. The molecule has 0 saturated carbocycles.